The third-order valence-electron chi connectivity index (χ3n) is 3.89. The minimum absolute atomic E-state index is 0.351. The van der Waals surface area contributed by atoms with Gasteiger partial charge in [-0.3, -0.25) is 0 Å². The topological polar surface area (TPSA) is 79.4 Å². The molecule has 132 valence electrons. The molecule has 2 heterocycles. The van der Waals surface area contributed by atoms with Crippen molar-refractivity contribution in [3.8, 4) is 0 Å². The molecule has 3 rings (SSSR count). The monoisotopic (exact) mass is 361 g/mol. The first-order chi connectivity index (χ1) is 12.0. The highest BCUT2D eigenvalue weighted by atomic mass is 35.5. The predicted molar refractivity (Wildman–Crippen MR) is 98.6 cm³/mol. The molecule has 0 bridgehead atoms. The first-order valence-electron chi connectivity index (χ1n) is 8.04. The minimum Gasteiger partial charge on any atom is -0.378 e. The molecule has 0 aliphatic carbocycles. The van der Waals surface area contributed by atoms with Gasteiger partial charge < -0.3 is 20.3 Å². The number of morpholine rings is 1. The summed E-state index contributed by atoms with van der Waals surface area (Å²) in [6, 6.07) is 6.55. The van der Waals surface area contributed by atoms with E-state index in [1.54, 1.807) is 24.3 Å². The average Bonchev–Trinajstić information content (AvgIpc) is 2.61. The second kappa shape index (κ2) is 7.67. The number of rotatable bonds is 3. The summed E-state index contributed by atoms with van der Waals surface area (Å²) in [6.45, 7) is 6.59. The number of halogens is 1. The highest BCUT2D eigenvalue weighted by molar-refractivity contribution is 6.30. The van der Waals surface area contributed by atoms with Gasteiger partial charge in [-0.15, -0.1) is 0 Å². The fraction of sp³-hybridized carbons (Fsp3) is 0.353. The van der Waals surface area contributed by atoms with Crippen LogP contribution >= 0.6 is 11.6 Å². The van der Waals surface area contributed by atoms with Crippen molar-refractivity contribution in [1.29, 1.82) is 0 Å². The number of aryl methyl sites for hydroxylation is 2. The van der Waals surface area contributed by atoms with E-state index in [1.807, 2.05) is 13.8 Å². The van der Waals surface area contributed by atoms with Gasteiger partial charge in [0.25, 0.3) is 0 Å². The number of carbonyl (C=O) groups is 1. The molecule has 7 nitrogen and oxygen atoms in total. The molecular weight excluding hydrogens is 342 g/mol. The standard InChI is InChI=1S/C17H20ClN5O2/c1-11-15(22-17(24)21-14-5-3-13(18)4-6-14)12(2)20-16(19-11)23-7-9-25-10-8-23/h3-6H,7-10H2,1-2H3,(H2,21,22,24). The zero-order valence-electron chi connectivity index (χ0n) is 14.2. The van der Waals surface area contributed by atoms with Crippen molar-refractivity contribution < 1.29 is 9.53 Å². The van der Waals surface area contributed by atoms with Crippen LogP contribution in [-0.4, -0.2) is 42.3 Å². The number of nitrogens with one attached hydrogen (secondary N) is 2. The van der Waals surface area contributed by atoms with Crippen LogP contribution in [0.25, 0.3) is 0 Å². The number of hydrogen-bond donors (Lipinski definition) is 2. The Morgan fingerprint density at radius 2 is 1.68 bits per heavy atom. The second-order valence-electron chi connectivity index (χ2n) is 5.75. The van der Waals surface area contributed by atoms with Crippen molar-refractivity contribution in [2.75, 3.05) is 41.8 Å². The number of urea groups is 1. The van der Waals surface area contributed by atoms with Gasteiger partial charge in [-0.2, -0.15) is 0 Å². The maximum Gasteiger partial charge on any atom is 0.323 e. The smallest absolute Gasteiger partial charge is 0.323 e. The van der Waals surface area contributed by atoms with Gasteiger partial charge >= 0.3 is 6.03 Å². The Kier molecular flexibility index (Phi) is 5.35. The van der Waals surface area contributed by atoms with Gasteiger partial charge in [-0.05, 0) is 38.1 Å². The summed E-state index contributed by atoms with van der Waals surface area (Å²) < 4.78 is 5.35. The third kappa shape index (κ3) is 4.37. The molecule has 1 fully saturated rings. The van der Waals surface area contributed by atoms with Gasteiger partial charge in [0.15, 0.2) is 0 Å². The summed E-state index contributed by atoms with van der Waals surface area (Å²) in [5.74, 6) is 0.668. The van der Waals surface area contributed by atoms with Crippen LogP contribution in [0.2, 0.25) is 5.02 Å². The number of amides is 2. The number of hydrogen-bond acceptors (Lipinski definition) is 5. The quantitative estimate of drug-likeness (QED) is 0.877. The van der Waals surface area contributed by atoms with Gasteiger partial charge in [-0.1, -0.05) is 11.6 Å². The van der Waals surface area contributed by atoms with Crippen LogP contribution < -0.4 is 15.5 Å². The molecule has 1 saturated heterocycles. The van der Waals surface area contributed by atoms with E-state index in [0.29, 0.717) is 35.6 Å². The van der Waals surface area contributed by atoms with E-state index in [2.05, 4.69) is 25.5 Å². The Balaban J connectivity index is 1.71. The Morgan fingerprint density at radius 1 is 1.08 bits per heavy atom. The zero-order valence-corrected chi connectivity index (χ0v) is 14.9. The van der Waals surface area contributed by atoms with Gasteiger partial charge in [0.2, 0.25) is 5.95 Å². The molecule has 1 aromatic carbocycles. The minimum atomic E-state index is -0.351. The second-order valence-corrected chi connectivity index (χ2v) is 6.19. The van der Waals surface area contributed by atoms with Crippen molar-refractivity contribution in [3.63, 3.8) is 0 Å². The van der Waals surface area contributed by atoms with Crippen molar-refractivity contribution in [2.24, 2.45) is 0 Å². The van der Waals surface area contributed by atoms with Crippen LogP contribution in [0.4, 0.5) is 22.1 Å². The Morgan fingerprint density at radius 3 is 2.28 bits per heavy atom. The first-order valence-corrected chi connectivity index (χ1v) is 8.42. The number of ether oxygens (including phenoxy) is 1. The fourth-order valence-corrected chi connectivity index (χ4v) is 2.72. The molecule has 2 aromatic rings. The molecule has 0 unspecified atom stereocenters. The van der Waals surface area contributed by atoms with Gasteiger partial charge in [0, 0.05) is 23.8 Å². The van der Waals surface area contributed by atoms with E-state index in [-0.39, 0.29) is 6.03 Å². The average molecular weight is 362 g/mol. The number of carbonyl (C=O) groups excluding carboxylic acids is 1. The largest absolute Gasteiger partial charge is 0.378 e. The molecule has 0 spiro atoms. The van der Waals surface area contributed by atoms with E-state index < -0.39 is 0 Å². The van der Waals surface area contributed by atoms with E-state index in [1.165, 1.54) is 0 Å². The van der Waals surface area contributed by atoms with Crippen LogP contribution in [0.5, 0.6) is 0 Å². The highest BCUT2D eigenvalue weighted by Crippen LogP contribution is 2.21. The Hall–Kier alpha value is -2.38. The van der Waals surface area contributed by atoms with E-state index in [9.17, 15) is 4.79 Å². The van der Waals surface area contributed by atoms with Crippen LogP contribution in [0.1, 0.15) is 11.4 Å². The molecule has 2 amide bonds. The molecule has 1 aliphatic heterocycles. The van der Waals surface area contributed by atoms with Crippen molar-refractivity contribution >= 4 is 35.0 Å². The Bertz CT molecular complexity index is 737. The predicted octanol–water partition coefficient (Wildman–Crippen LogP) is 3.23. The molecule has 0 atom stereocenters. The number of benzene rings is 1. The molecule has 0 saturated carbocycles. The zero-order chi connectivity index (χ0) is 17.8. The lowest BCUT2D eigenvalue weighted by Gasteiger charge is -2.27. The van der Waals surface area contributed by atoms with Crippen molar-refractivity contribution in [3.05, 3.63) is 40.7 Å². The normalized spacial score (nSPS) is 14.3. The van der Waals surface area contributed by atoms with Gasteiger partial charge in [-0.25, -0.2) is 14.8 Å². The first kappa shape index (κ1) is 17.4. The van der Waals surface area contributed by atoms with Crippen molar-refractivity contribution in [2.45, 2.75) is 13.8 Å². The lowest BCUT2D eigenvalue weighted by Crippen LogP contribution is -2.37. The van der Waals surface area contributed by atoms with Crippen LogP contribution in [0, 0.1) is 13.8 Å². The van der Waals surface area contributed by atoms with Gasteiger partial charge in [0.05, 0.1) is 30.3 Å². The number of nitrogens with zero attached hydrogens (tertiary/aromatic N) is 3. The van der Waals surface area contributed by atoms with E-state index in [4.69, 9.17) is 16.3 Å². The van der Waals surface area contributed by atoms with Crippen LogP contribution in [0.3, 0.4) is 0 Å². The third-order valence-corrected chi connectivity index (χ3v) is 4.15. The lowest BCUT2D eigenvalue weighted by atomic mass is 10.3. The molecule has 1 aromatic heterocycles. The number of anilines is 3. The number of aromatic nitrogens is 2. The summed E-state index contributed by atoms with van der Waals surface area (Å²) in [5.41, 5.74) is 2.71. The summed E-state index contributed by atoms with van der Waals surface area (Å²) in [4.78, 5) is 23.4. The maximum absolute atomic E-state index is 12.2. The fourth-order valence-electron chi connectivity index (χ4n) is 2.59. The summed E-state index contributed by atoms with van der Waals surface area (Å²) in [6.07, 6.45) is 0. The molecule has 0 radical (unpaired) electrons. The highest BCUT2D eigenvalue weighted by Gasteiger charge is 2.17. The molecule has 1 aliphatic rings. The van der Waals surface area contributed by atoms with E-state index in [0.717, 1.165) is 24.5 Å². The lowest BCUT2D eigenvalue weighted by molar-refractivity contribution is 0.122. The maximum atomic E-state index is 12.2. The molecule has 8 heteroatoms. The molecule has 2 N–H and O–H groups in total. The van der Waals surface area contributed by atoms with Gasteiger partial charge in [0.1, 0.15) is 0 Å². The van der Waals surface area contributed by atoms with Crippen LogP contribution in [-0.2, 0) is 4.74 Å². The van der Waals surface area contributed by atoms with E-state index >= 15 is 0 Å². The SMILES string of the molecule is Cc1nc(N2CCOCC2)nc(C)c1NC(=O)Nc1ccc(Cl)cc1. The summed E-state index contributed by atoms with van der Waals surface area (Å²) >= 11 is 5.84. The molecule has 25 heavy (non-hydrogen) atoms. The summed E-state index contributed by atoms with van der Waals surface area (Å²) in [5, 5.41) is 6.19. The molecular formula is C17H20ClN5O2. The van der Waals surface area contributed by atoms with Crippen molar-refractivity contribution in [1.82, 2.24) is 9.97 Å². The Labute approximate surface area is 151 Å². The summed E-state index contributed by atoms with van der Waals surface area (Å²) in [7, 11) is 0. The van der Waals surface area contributed by atoms with Crippen LogP contribution in [0.15, 0.2) is 24.3 Å².